The van der Waals surface area contributed by atoms with Crippen LogP contribution in [0.15, 0.2) is 28.6 Å². The number of halogens is 4. The maximum Gasteiger partial charge on any atom is 0.417 e. The van der Waals surface area contributed by atoms with Crippen molar-refractivity contribution in [3.63, 3.8) is 0 Å². The van der Waals surface area contributed by atoms with E-state index in [0.29, 0.717) is 16.0 Å². The summed E-state index contributed by atoms with van der Waals surface area (Å²) in [6.07, 6.45) is 0.916. The van der Waals surface area contributed by atoms with Crippen molar-refractivity contribution >= 4 is 44.9 Å². The average molecular weight is 416 g/mol. The highest BCUT2D eigenvalue weighted by molar-refractivity contribution is 7.99. The van der Waals surface area contributed by atoms with E-state index >= 15 is 0 Å². The first-order valence-corrected chi connectivity index (χ1v) is 10.00. The molecule has 0 unspecified atom stereocenters. The topological polar surface area (TPSA) is 38.7 Å². The van der Waals surface area contributed by atoms with Crippen LogP contribution in [0.25, 0.3) is 10.2 Å². The molecule has 0 aliphatic heterocycles. The molecule has 4 rings (SSSR count). The van der Waals surface area contributed by atoms with Gasteiger partial charge in [0.05, 0.1) is 10.6 Å². The Kier molecular flexibility index (Phi) is 4.61. The number of hydrogen-bond donors (Lipinski definition) is 0. The molecule has 0 N–H and O–H groups in total. The van der Waals surface area contributed by atoms with Crippen LogP contribution in [0.5, 0.6) is 0 Å². The van der Waals surface area contributed by atoms with Crippen LogP contribution in [0.3, 0.4) is 0 Å². The number of hydrogen-bond acceptors (Lipinski definition) is 5. The lowest BCUT2D eigenvalue weighted by Gasteiger charge is -2.18. The fourth-order valence-electron chi connectivity index (χ4n) is 3.07. The Morgan fingerprint density at radius 3 is 2.77 bits per heavy atom. The first-order chi connectivity index (χ1) is 12.3. The maximum absolute atomic E-state index is 12.8. The molecule has 0 saturated carbocycles. The zero-order valence-electron chi connectivity index (χ0n) is 13.6. The number of nitrogens with zero attached hydrogens (tertiary/aromatic N) is 3. The second-order valence-electron chi connectivity index (χ2n) is 6.32. The van der Waals surface area contributed by atoms with Gasteiger partial charge in [0.2, 0.25) is 0 Å². The van der Waals surface area contributed by atoms with Crippen LogP contribution in [-0.2, 0) is 19.0 Å². The first kappa shape index (κ1) is 18.0. The predicted octanol–water partition coefficient (Wildman–Crippen LogP) is 6.03. The van der Waals surface area contributed by atoms with E-state index in [1.165, 1.54) is 28.5 Å². The summed E-state index contributed by atoms with van der Waals surface area (Å²) >= 11 is 8.91. The molecule has 3 heterocycles. The van der Waals surface area contributed by atoms with Gasteiger partial charge in [0.25, 0.3) is 0 Å². The molecule has 0 amide bonds. The van der Waals surface area contributed by atoms with Gasteiger partial charge in [-0.1, -0.05) is 18.5 Å². The highest BCUT2D eigenvalue weighted by atomic mass is 35.5. The lowest BCUT2D eigenvalue weighted by molar-refractivity contribution is -0.137. The quantitative estimate of drug-likeness (QED) is 0.478. The molecular formula is C17H13ClF3N3S2. The number of fused-ring (bicyclic) bond motifs is 3. The van der Waals surface area contributed by atoms with Crippen molar-refractivity contribution in [3.8, 4) is 0 Å². The Bertz CT molecular complexity index is 987. The van der Waals surface area contributed by atoms with Gasteiger partial charge in [-0.05, 0) is 48.6 Å². The summed E-state index contributed by atoms with van der Waals surface area (Å²) in [5.41, 5.74) is 0.399. The third kappa shape index (κ3) is 3.30. The second kappa shape index (κ2) is 6.65. The van der Waals surface area contributed by atoms with E-state index in [-0.39, 0.29) is 5.02 Å². The Labute approximate surface area is 161 Å². The molecule has 9 heteroatoms. The highest BCUT2D eigenvalue weighted by Gasteiger charge is 2.32. The van der Waals surface area contributed by atoms with Gasteiger partial charge in [-0.2, -0.15) is 13.2 Å². The third-order valence-corrected chi connectivity index (χ3v) is 6.97. The minimum Gasteiger partial charge on any atom is -0.247 e. The number of rotatable bonds is 2. The molecule has 1 atom stereocenters. The van der Waals surface area contributed by atoms with Crippen LogP contribution in [-0.4, -0.2) is 15.0 Å². The van der Waals surface area contributed by atoms with Crippen molar-refractivity contribution in [2.24, 2.45) is 5.92 Å². The maximum atomic E-state index is 12.8. The van der Waals surface area contributed by atoms with Crippen LogP contribution in [0.2, 0.25) is 5.02 Å². The van der Waals surface area contributed by atoms with Crippen molar-refractivity contribution in [1.29, 1.82) is 0 Å². The van der Waals surface area contributed by atoms with E-state index in [1.807, 2.05) is 0 Å². The fourth-order valence-corrected chi connectivity index (χ4v) is 5.63. The normalized spacial score (nSPS) is 17.5. The van der Waals surface area contributed by atoms with Crippen LogP contribution < -0.4 is 0 Å². The van der Waals surface area contributed by atoms with E-state index in [0.717, 1.165) is 41.7 Å². The van der Waals surface area contributed by atoms with Gasteiger partial charge in [-0.25, -0.2) is 15.0 Å². The molecule has 1 aliphatic rings. The Balaban J connectivity index is 1.74. The lowest BCUT2D eigenvalue weighted by atomic mass is 9.89. The van der Waals surface area contributed by atoms with E-state index < -0.39 is 11.7 Å². The van der Waals surface area contributed by atoms with Crippen LogP contribution in [0.1, 0.15) is 29.3 Å². The van der Waals surface area contributed by atoms with Crippen molar-refractivity contribution in [2.45, 2.75) is 42.4 Å². The Hall–Kier alpha value is -1.38. The number of thiophene rings is 1. The molecule has 136 valence electrons. The summed E-state index contributed by atoms with van der Waals surface area (Å²) in [5, 5.41) is 1.96. The van der Waals surface area contributed by atoms with Gasteiger partial charge < -0.3 is 0 Å². The zero-order valence-corrected chi connectivity index (χ0v) is 16.0. The predicted molar refractivity (Wildman–Crippen MR) is 97.0 cm³/mol. The molecule has 3 aromatic rings. The van der Waals surface area contributed by atoms with Gasteiger partial charge in [0, 0.05) is 16.5 Å². The summed E-state index contributed by atoms with van der Waals surface area (Å²) in [5.74, 6) is 0.644. The summed E-state index contributed by atoms with van der Waals surface area (Å²) in [6, 6.07) is 0.903. The monoisotopic (exact) mass is 415 g/mol. The summed E-state index contributed by atoms with van der Waals surface area (Å²) in [7, 11) is 0. The van der Waals surface area contributed by atoms with E-state index in [9.17, 15) is 13.2 Å². The molecule has 26 heavy (non-hydrogen) atoms. The summed E-state index contributed by atoms with van der Waals surface area (Å²) in [4.78, 5) is 14.9. The van der Waals surface area contributed by atoms with Crippen molar-refractivity contribution < 1.29 is 13.2 Å². The number of aromatic nitrogens is 3. The molecule has 1 aliphatic carbocycles. The Morgan fingerprint density at radius 2 is 2.04 bits per heavy atom. The van der Waals surface area contributed by atoms with Crippen molar-refractivity contribution in [2.75, 3.05) is 0 Å². The fraction of sp³-hybridized carbons (Fsp3) is 0.353. The van der Waals surface area contributed by atoms with Crippen LogP contribution in [0.4, 0.5) is 13.2 Å². The van der Waals surface area contributed by atoms with Crippen LogP contribution in [0, 0.1) is 5.92 Å². The molecule has 0 fully saturated rings. The molecule has 0 radical (unpaired) electrons. The molecule has 0 bridgehead atoms. The number of pyridine rings is 1. The first-order valence-electron chi connectivity index (χ1n) is 7.98. The molecule has 0 saturated heterocycles. The summed E-state index contributed by atoms with van der Waals surface area (Å²) < 4.78 is 38.4. The SMILES string of the molecule is C[C@H]1CCc2c(sc3ncnc(Sc4ncc(C(F)(F)F)cc4Cl)c23)C1. The zero-order chi connectivity index (χ0) is 18.5. The molecule has 3 aromatic heterocycles. The van der Waals surface area contributed by atoms with Crippen molar-refractivity contribution in [3.05, 3.63) is 39.6 Å². The van der Waals surface area contributed by atoms with Gasteiger partial charge in [0.1, 0.15) is 21.2 Å². The van der Waals surface area contributed by atoms with Gasteiger partial charge in [0.15, 0.2) is 0 Å². The highest BCUT2D eigenvalue weighted by Crippen LogP contribution is 2.43. The minimum atomic E-state index is -4.47. The molecule has 0 spiro atoms. The van der Waals surface area contributed by atoms with Gasteiger partial charge in [-0.3, -0.25) is 0 Å². The standard InChI is InChI=1S/C17H13ClF3N3S2/c1-8-2-3-10-12(4-8)25-15-13(10)16(24-7-23-15)26-14-11(18)5-9(6-22-14)17(19,20)21/h5-8H,2-4H2,1H3/t8-/m0/s1. The second-order valence-corrected chi connectivity index (χ2v) is 8.79. The van der Waals surface area contributed by atoms with Gasteiger partial charge in [-0.15, -0.1) is 11.3 Å². The number of aryl methyl sites for hydroxylation is 1. The molecule has 0 aromatic carbocycles. The molecular weight excluding hydrogens is 403 g/mol. The third-order valence-electron chi connectivity index (χ3n) is 4.39. The minimum absolute atomic E-state index is 0.0330. The Morgan fingerprint density at radius 1 is 1.23 bits per heavy atom. The van der Waals surface area contributed by atoms with E-state index in [4.69, 9.17) is 11.6 Å². The summed E-state index contributed by atoms with van der Waals surface area (Å²) in [6.45, 7) is 2.24. The van der Waals surface area contributed by atoms with E-state index in [1.54, 1.807) is 11.3 Å². The largest absolute Gasteiger partial charge is 0.417 e. The van der Waals surface area contributed by atoms with Crippen molar-refractivity contribution in [1.82, 2.24) is 15.0 Å². The smallest absolute Gasteiger partial charge is 0.247 e. The molecule has 3 nitrogen and oxygen atoms in total. The number of alkyl halides is 3. The lowest BCUT2D eigenvalue weighted by Crippen LogP contribution is -2.08. The average Bonchev–Trinajstić information content (AvgIpc) is 2.94. The van der Waals surface area contributed by atoms with E-state index in [2.05, 4.69) is 21.9 Å². The van der Waals surface area contributed by atoms with Crippen LogP contribution >= 0.6 is 34.7 Å². The van der Waals surface area contributed by atoms with Gasteiger partial charge >= 0.3 is 6.18 Å².